The Hall–Kier alpha value is -1.47. The molecule has 0 fully saturated rings. The molecule has 2 aromatic heterocycles. The highest BCUT2D eigenvalue weighted by Crippen LogP contribution is 2.06. The lowest BCUT2D eigenvalue weighted by molar-refractivity contribution is 0.506. The van der Waals surface area contributed by atoms with E-state index in [1.54, 1.807) is 11.3 Å². The van der Waals surface area contributed by atoms with Crippen LogP contribution in [0.1, 0.15) is 11.6 Å². The summed E-state index contributed by atoms with van der Waals surface area (Å²) in [5.74, 6) is 0.568. The molecule has 0 unspecified atom stereocenters. The van der Waals surface area contributed by atoms with Crippen molar-refractivity contribution in [3.8, 4) is 0 Å². The van der Waals surface area contributed by atoms with Gasteiger partial charge in [0, 0.05) is 31.3 Å². The van der Waals surface area contributed by atoms with Gasteiger partial charge in [-0.25, -0.2) is 4.98 Å². The number of aromatic nitrogens is 3. The van der Waals surface area contributed by atoms with Crippen LogP contribution in [0.4, 0.5) is 6.01 Å². The van der Waals surface area contributed by atoms with Gasteiger partial charge in [-0.15, -0.1) is 16.4 Å². The number of hydrogen-bond donors (Lipinski definition) is 2. The maximum absolute atomic E-state index is 5.38. The fourth-order valence-electron chi connectivity index (χ4n) is 1.21. The molecule has 6 nitrogen and oxygen atoms in total. The summed E-state index contributed by atoms with van der Waals surface area (Å²) in [7, 11) is 0. The molecule has 0 amide bonds. The van der Waals surface area contributed by atoms with E-state index in [-0.39, 0.29) is 0 Å². The van der Waals surface area contributed by atoms with Crippen molar-refractivity contribution in [2.75, 3.05) is 18.4 Å². The van der Waals surface area contributed by atoms with Gasteiger partial charge in [-0.3, -0.25) is 0 Å². The summed E-state index contributed by atoms with van der Waals surface area (Å²) in [5.41, 5.74) is 8.27. The molecule has 0 spiro atoms. The largest absolute Gasteiger partial charge is 0.408 e. The van der Waals surface area contributed by atoms with Crippen molar-refractivity contribution in [1.82, 2.24) is 15.2 Å². The molecule has 0 aromatic carbocycles. The summed E-state index contributed by atoms with van der Waals surface area (Å²) in [6.45, 7) is 1.24. The van der Waals surface area contributed by atoms with Crippen LogP contribution in [-0.4, -0.2) is 28.3 Å². The summed E-state index contributed by atoms with van der Waals surface area (Å²) in [6, 6.07) is 0.443. The quantitative estimate of drug-likeness (QED) is 0.770. The Bertz CT molecular complexity index is 413. The second kappa shape index (κ2) is 5.57. The van der Waals surface area contributed by atoms with Crippen LogP contribution in [-0.2, 0) is 12.8 Å². The van der Waals surface area contributed by atoms with Crippen molar-refractivity contribution in [2.45, 2.75) is 12.8 Å². The van der Waals surface area contributed by atoms with Gasteiger partial charge in [0.05, 0.1) is 11.2 Å². The van der Waals surface area contributed by atoms with Crippen molar-refractivity contribution < 1.29 is 4.42 Å². The van der Waals surface area contributed by atoms with Gasteiger partial charge in [0.1, 0.15) is 0 Å². The molecule has 2 aromatic rings. The number of nitrogens with two attached hydrogens (primary N) is 1. The standard InChI is InChI=1S/C9H13N5OS/c10-3-1-8-13-14-9(15-8)11-4-2-7-5-16-6-12-7/h5-6H,1-4,10H2,(H,11,14). The molecule has 0 radical (unpaired) electrons. The van der Waals surface area contributed by atoms with Gasteiger partial charge in [-0.1, -0.05) is 5.10 Å². The van der Waals surface area contributed by atoms with Crippen LogP contribution in [0.25, 0.3) is 0 Å². The molecule has 0 aliphatic carbocycles. The zero-order valence-electron chi connectivity index (χ0n) is 8.72. The minimum atomic E-state index is 0.443. The summed E-state index contributed by atoms with van der Waals surface area (Å²) >= 11 is 1.59. The predicted molar refractivity (Wildman–Crippen MR) is 61.4 cm³/mol. The highest BCUT2D eigenvalue weighted by Gasteiger charge is 2.04. The topological polar surface area (TPSA) is 89.9 Å². The zero-order chi connectivity index (χ0) is 11.2. The van der Waals surface area contributed by atoms with E-state index in [4.69, 9.17) is 10.2 Å². The van der Waals surface area contributed by atoms with Crippen LogP contribution in [0.15, 0.2) is 15.3 Å². The summed E-state index contributed by atoms with van der Waals surface area (Å²) in [6.07, 6.45) is 1.46. The van der Waals surface area contributed by atoms with E-state index >= 15 is 0 Å². The average Bonchev–Trinajstić information content (AvgIpc) is 2.90. The Kier molecular flexibility index (Phi) is 3.84. The molecule has 7 heteroatoms. The van der Waals surface area contributed by atoms with Gasteiger partial charge in [0.2, 0.25) is 5.89 Å². The molecule has 2 rings (SSSR count). The Morgan fingerprint density at radius 3 is 3.06 bits per heavy atom. The van der Waals surface area contributed by atoms with Gasteiger partial charge >= 0.3 is 6.01 Å². The van der Waals surface area contributed by atoms with Gasteiger partial charge < -0.3 is 15.5 Å². The first kappa shape index (κ1) is 11.0. The van der Waals surface area contributed by atoms with Crippen molar-refractivity contribution in [2.24, 2.45) is 5.73 Å². The third-order valence-corrected chi connectivity index (χ3v) is 2.60. The SMILES string of the molecule is NCCc1nnc(NCCc2cscn2)o1. The lowest BCUT2D eigenvalue weighted by atomic mass is 10.3. The van der Waals surface area contributed by atoms with Crippen LogP contribution < -0.4 is 11.1 Å². The lowest BCUT2D eigenvalue weighted by Gasteiger charge is -1.97. The van der Waals surface area contributed by atoms with E-state index in [0.29, 0.717) is 24.9 Å². The van der Waals surface area contributed by atoms with E-state index in [1.807, 2.05) is 10.9 Å². The van der Waals surface area contributed by atoms with Crippen LogP contribution in [0.5, 0.6) is 0 Å². The Balaban J connectivity index is 1.76. The normalized spacial score (nSPS) is 10.6. The fourth-order valence-corrected chi connectivity index (χ4v) is 1.80. The summed E-state index contributed by atoms with van der Waals surface area (Å²) < 4.78 is 5.31. The lowest BCUT2D eigenvalue weighted by Crippen LogP contribution is -2.05. The molecule has 0 aliphatic heterocycles. The number of hydrogen-bond acceptors (Lipinski definition) is 7. The number of nitrogens with one attached hydrogen (secondary N) is 1. The minimum Gasteiger partial charge on any atom is -0.408 e. The van der Waals surface area contributed by atoms with Crippen LogP contribution in [0.3, 0.4) is 0 Å². The van der Waals surface area contributed by atoms with E-state index in [0.717, 1.165) is 18.7 Å². The van der Waals surface area contributed by atoms with E-state index < -0.39 is 0 Å². The Morgan fingerprint density at radius 1 is 1.38 bits per heavy atom. The van der Waals surface area contributed by atoms with Crippen LogP contribution in [0.2, 0.25) is 0 Å². The fraction of sp³-hybridized carbons (Fsp3) is 0.444. The summed E-state index contributed by atoms with van der Waals surface area (Å²) in [5, 5.41) is 12.8. The molecule has 16 heavy (non-hydrogen) atoms. The second-order valence-corrected chi connectivity index (χ2v) is 3.91. The maximum Gasteiger partial charge on any atom is 0.315 e. The third kappa shape index (κ3) is 3.01. The molecule has 0 saturated heterocycles. The first-order valence-electron chi connectivity index (χ1n) is 5.02. The third-order valence-electron chi connectivity index (χ3n) is 1.97. The smallest absolute Gasteiger partial charge is 0.315 e. The number of thiazole rings is 1. The molecule has 86 valence electrons. The Morgan fingerprint density at radius 2 is 2.31 bits per heavy atom. The molecule has 0 aliphatic rings. The Labute approximate surface area is 96.9 Å². The minimum absolute atomic E-state index is 0.443. The van der Waals surface area contributed by atoms with Crippen molar-refractivity contribution in [3.05, 3.63) is 22.5 Å². The number of anilines is 1. The molecular weight excluding hydrogens is 226 g/mol. The van der Waals surface area contributed by atoms with Crippen molar-refractivity contribution in [3.63, 3.8) is 0 Å². The number of nitrogens with zero attached hydrogens (tertiary/aromatic N) is 3. The van der Waals surface area contributed by atoms with E-state index in [2.05, 4.69) is 20.5 Å². The molecule has 3 N–H and O–H groups in total. The van der Waals surface area contributed by atoms with Crippen LogP contribution in [0, 0.1) is 0 Å². The molecule has 0 atom stereocenters. The van der Waals surface area contributed by atoms with Gasteiger partial charge in [-0.05, 0) is 0 Å². The first-order chi connectivity index (χ1) is 7.88. The highest BCUT2D eigenvalue weighted by molar-refractivity contribution is 7.07. The van der Waals surface area contributed by atoms with Crippen LogP contribution >= 0.6 is 11.3 Å². The van der Waals surface area contributed by atoms with Gasteiger partial charge in [0.25, 0.3) is 0 Å². The molecular formula is C9H13N5OS. The monoisotopic (exact) mass is 239 g/mol. The molecule has 2 heterocycles. The highest BCUT2D eigenvalue weighted by atomic mass is 32.1. The molecule has 0 bridgehead atoms. The number of rotatable bonds is 6. The van der Waals surface area contributed by atoms with E-state index in [9.17, 15) is 0 Å². The van der Waals surface area contributed by atoms with Gasteiger partial charge in [0.15, 0.2) is 0 Å². The predicted octanol–water partition coefficient (Wildman–Crippen LogP) is 0.682. The first-order valence-corrected chi connectivity index (χ1v) is 5.96. The van der Waals surface area contributed by atoms with Crippen molar-refractivity contribution in [1.29, 1.82) is 0 Å². The second-order valence-electron chi connectivity index (χ2n) is 3.20. The zero-order valence-corrected chi connectivity index (χ0v) is 9.54. The maximum atomic E-state index is 5.38. The van der Waals surface area contributed by atoms with Gasteiger partial charge in [-0.2, -0.15) is 0 Å². The molecule has 0 saturated carbocycles. The average molecular weight is 239 g/mol. The van der Waals surface area contributed by atoms with E-state index in [1.165, 1.54) is 0 Å². The summed E-state index contributed by atoms with van der Waals surface area (Å²) in [4.78, 5) is 4.18. The van der Waals surface area contributed by atoms with Crippen molar-refractivity contribution >= 4 is 17.4 Å².